The van der Waals surface area contributed by atoms with E-state index in [0.29, 0.717) is 37.4 Å². The molecule has 3 unspecified atom stereocenters. The number of benzene rings is 2. The van der Waals surface area contributed by atoms with E-state index in [9.17, 15) is 4.79 Å². The van der Waals surface area contributed by atoms with Gasteiger partial charge >= 0.3 is 0 Å². The summed E-state index contributed by atoms with van der Waals surface area (Å²) in [5.74, 6) is 0.843. The van der Waals surface area contributed by atoms with E-state index in [1.807, 2.05) is 20.0 Å². The van der Waals surface area contributed by atoms with Crippen molar-refractivity contribution < 1.29 is 14.3 Å². The maximum atomic E-state index is 13.0. The molecule has 3 aliphatic rings. The number of piperazine rings is 1. The van der Waals surface area contributed by atoms with Crippen LogP contribution in [-0.4, -0.2) is 94.2 Å². The molecule has 3 atom stereocenters. The molecule has 4 N–H and O–H groups in total. The lowest BCUT2D eigenvalue weighted by molar-refractivity contribution is -0.00153. The molecule has 1 saturated carbocycles. The number of nitrogens with one attached hydrogen (secondary N) is 4. The first-order valence-electron chi connectivity index (χ1n) is 17.4. The third-order valence-corrected chi connectivity index (χ3v) is 9.91. The monoisotopic (exact) mass is 620 g/mol. The first-order valence-corrected chi connectivity index (χ1v) is 17.4. The van der Waals surface area contributed by atoms with Gasteiger partial charge < -0.3 is 25.4 Å². The molecule has 5 rings (SSSR count). The third kappa shape index (κ3) is 8.98. The Kier molecular flexibility index (Phi) is 12.9. The molecular formula is C36H56N6O3. The van der Waals surface area contributed by atoms with Crippen LogP contribution in [0.1, 0.15) is 85.3 Å². The van der Waals surface area contributed by atoms with Crippen molar-refractivity contribution in [1.82, 2.24) is 25.8 Å². The molecule has 0 spiro atoms. The lowest BCUT2D eigenvalue weighted by Gasteiger charge is -2.49. The van der Waals surface area contributed by atoms with Crippen molar-refractivity contribution in [3.05, 3.63) is 59.2 Å². The second kappa shape index (κ2) is 17.3. The quantitative estimate of drug-likeness (QED) is 0.250. The van der Waals surface area contributed by atoms with Crippen LogP contribution in [-0.2, 0) is 4.74 Å². The first kappa shape index (κ1) is 33.7. The Balaban J connectivity index is 1.31. The normalized spacial score (nSPS) is 23.8. The number of fused-ring (bicyclic) bond motifs is 1. The standard InChI is InChI=1S/C36H56N6O3/c1-27-25-29(15-18-32(27)36(43)38-20-24-45-23-19-37-2)40-35-34-39-26-33(28-13-16-31(44-3)17-14-28)42(34)22-21-41(35)30-11-9-7-5-4-6-8-10-12-30/h13-18,25,30,33-35,37,39-40H,4-12,19-24,26H2,1-3H3,(H,38,43). The van der Waals surface area contributed by atoms with Crippen molar-refractivity contribution in [2.45, 2.75) is 89.1 Å². The van der Waals surface area contributed by atoms with E-state index in [1.165, 1.54) is 63.4 Å². The van der Waals surface area contributed by atoms with E-state index < -0.39 is 0 Å². The molecule has 9 heteroatoms. The lowest BCUT2D eigenvalue weighted by atomic mass is 9.95. The summed E-state index contributed by atoms with van der Waals surface area (Å²) in [6, 6.07) is 15.7. The molecule has 2 saturated heterocycles. The summed E-state index contributed by atoms with van der Waals surface area (Å²) in [6.45, 7) is 7.48. The van der Waals surface area contributed by atoms with Gasteiger partial charge in [0.15, 0.2) is 0 Å². The predicted octanol–water partition coefficient (Wildman–Crippen LogP) is 4.89. The number of amides is 1. The molecular weight excluding hydrogens is 564 g/mol. The minimum Gasteiger partial charge on any atom is -0.497 e. The number of nitrogens with zero attached hydrogens (tertiary/aromatic N) is 2. The fourth-order valence-electron chi connectivity index (χ4n) is 7.41. The summed E-state index contributed by atoms with van der Waals surface area (Å²) in [7, 11) is 3.62. The molecule has 3 fully saturated rings. The zero-order chi connectivity index (χ0) is 31.4. The fraction of sp³-hybridized carbons (Fsp3) is 0.639. The lowest BCUT2D eigenvalue weighted by Crippen LogP contribution is -2.65. The van der Waals surface area contributed by atoms with E-state index in [-0.39, 0.29) is 18.2 Å². The zero-order valence-electron chi connectivity index (χ0n) is 27.8. The van der Waals surface area contributed by atoms with Crippen LogP contribution >= 0.6 is 0 Å². The van der Waals surface area contributed by atoms with E-state index in [1.54, 1.807) is 7.11 Å². The zero-order valence-corrected chi connectivity index (χ0v) is 27.8. The number of anilines is 1. The predicted molar refractivity (Wildman–Crippen MR) is 182 cm³/mol. The molecule has 2 heterocycles. The minimum atomic E-state index is -0.0527. The summed E-state index contributed by atoms with van der Waals surface area (Å²) in [4.78, 5) is 18.4. The van der Waals surface area contributed by atoms with Crippen molar-refractivity contribution in [2.24, 2.45) is 0 Å². The van der Waals surface area contributed by atoms with Crippen LogP contribution in [0, 0.1) is 6.92 Å². The van der Waals surface area contributed by atoms with Gasteiger partial charge in [-0.1, -0.05) is 57.1 Å². The fourth-order valence-corrected chi connectivity index (χ4v) is 7.41. The molecule has 45 heavy (non-hydrogen) atoms. The van der Waals surface area contributed by atoms with Crippen LogP contribution < -0.4 is 26.0 Å². The van der Waals surface area contributed by atoms with Gasteiger partial charge in [0, 0.05) is 56.1 Å². The Morgan fingerprint density at radius 3 is 2.29 bits per heavy atom. The van der Waals surface area contributed by atoms with E-state index in [2.05, 4.69) is 67.5 Å². The number of aryl methyl sites for hydroxylation is 1. The summed E-state index contributed by atoms with van der Waals surface area (Å²) in [5.41, 5.74) is 4.08. The molecule has 2 aromatic carbocycles. The number of carbonyl (C=O) groups is 1. The Bertz CT molecular complexity index is 1180. The smallest absolute Gasteiger partial charge is 0.251 e. The number of hydrogen-bond donors (Lipinski definition) is 4. The highest BCUT2D eigenvalue weighted by Gasteiger charge is 2.45. The molecule has 248 valence electrons. The highest BCUT2D eigenvalue weighted by Crippen LogP contribution is 2.35. The van der Waals surface area contributed by atoms with Crippen molar-refractivity contribution in [3.8, 4) is 5.75 Å². The number of ether oxygens (including phenoxy) is 2. The Morgan fingerprint density at radius 2 is 1.60 bits per heavy atom. The molecule has 0 bridgehead atoms. The Labute approximate surface area is 270 Å². The number of likely N-dealkylation sites (N-methyl/N-ethyl adjacent to an activating group) is 1. The van der Waals surface area contributed by atoms with Crippen molar-refractivity contribution in [3.63, 3.8) is 0 Å². The Morgan fingerprint density at radius 1 is 0.911 bits per heavy atom. The average molecular weight is 621 g/mol. The van der Waals surface area contributed by atoms with Gasteiger partial charge in [0.25, 0.3) is 5.91 Å². The van der Waals surface area contributed by atoms with Gasteiger partial charge in [0.2, 0.25) is 0 Å². The highest BCUT2D eigenvalue weighted by molar-refractivity contribution is 5.96. The van der Waals surface area contributed by atoms with Gasteiger partial charge in [-0.05, 0) is 68.3 Å². The van der Waals surface area contributed by atoms with Gasteiger partial charge in [-0.2, -0.15) is 0 Å². The maximum Gasteiger partial charge on any atom is 0.251 e. The molecule has 1 aliphatic carbocycles. The maximum absolute atomic E-state index is 13.0. The van der Waals surface area contributed by atoms with Crippen LogP contribution in [0.25, 0.3) is 0 Å². The van der Waals surface area contributed by atoms with Crippen LogP contribution in [0.5, 0.6) is 5.75 Å². The summed E-state index contributed by atoms with van der Waals surface area (Å²) in [5, 5.41) is 14.0. The van der Waals surface area contributed by atoms with Gasteiger partial charge in [-0.15, -0.1) is 0 Å². The third-order valence-electron chi connectivity index (χ3n) is 9.91. The first-order chi connectivity index (χ1) is 22.1. The Hall–Kier alpha value is -2.69. The van der Waals surface area contributed by atoms with Crippen molar-refractivity contribution in [1.29, 1.82) is 0 Å². The van der Waals surface area contributed by atoms with E-state index in [0.717, 1.165) is 43.2 Å². The number of hydrogen-bond acceptors (Lipinski definition) is 8. The molecule has 0 radical (unpaired) electrons. The highest BCUT2D eigenvalue weighted by atomic mass is 16.5. The van der Waals surface area contributed by atoms with Gasteiger partial charge in [-0.3, -0.25) is 19.9 Å². The summed E-state index contributed by atoms with van der Waals surface area (Å²) >= 11 is 0. The average Bonchev–Trinajstić information content (AvgIpc) is 3.50. The number of carbonyl (C=O) groups excluding carboxylic acids is 1. The van der Waals surface area contributed by atoms with Gasteiger partial charge in [0.1, 0.15) is 11.9 Å². The largest absolute Gasteiger partial charge is 0.497 e. The molecule has 2 aromatic rings. The second-order valence-corrected chi connectivity index (χ2v) is 12.9. The van der Waals surface area contributed by atoms with Crippen LogP contribution in [0.4, 0.5) is 5.69 Å². The van der Waals surface area contributed by atoms with Crippen LogP contribution in [0.2, 0.25) is 0 Å². The molecule has 2 aliphatic heterocycles. The van der Waals surface area contributed by atoms with Crippen LogP contribution in [0.3, 0.4) is 0 Å². The van der Waals surface area contributed by atoms with Crippen LogP contribution in [0.15, 0.2) is 42.5 Å². The summed E-state index contributed by atoms with van der Waals surface area (Å²) in [6.07, 6.45) is 12.3. The number of methoxy groups -OCH3 is 1. The SMILES string of the molecule is CNCCOCCNC(=O)c1ccc(NC2C3NCC(c4ccc(OC)cc4)N3CCN2C2CCCCCCCCC2)cc1C. The van der Waals surface area contributed by atoms with E-state index >= 15 is 0 Å². The minimum absolute atomic E-state index is 0.0527. The second-order valence-electron chi connectivity index (χ2n) is 12.9. The van der Waals surface area contributed by atoms with Gasteiger partial charge in [-0.25, -0.2) is 0 Å². The topological polar surface area (TPSA) is 90.1 Å². The van der Waals surface area contributed by atoms with E-state index in [4.69, 9.17) is 9.47 Å². The molecule has 9 nitrogen and oxygen atoms in total. The molecule has 1 amide bonds. The number of rotatable bonds is 12. The van der Waals surface area contributed by atoms with Crippen molar-refractivity contribution >= 4 is 11.6 Å². The summed E-state index contributed by atoms with van der Waals surface area (Å²) < 4.78 is 11.0. The van der Waals surface area contributed by atoms with Gasteiger partial charge in [0.05, 0.1) is 26.5 Å². The van der Waals surface area contributed by atoms with Crippen molar-refractivity contribution in [2.75, 3.05) is 65.4 Å². The molecule has 0 aromatic heterocycles.